The normalized spacial score (nSPS) is 18.6. The van der Waals surface area contributed by atoms with E-state index in [1.54, 1.807) is 4.90 Å². The highest BCUT2D eigenvalue weighted by Crippen LogP contribution is 2.32. The van der Waals surface area contributed by atoms with Crippen molar-refractivity contribution >= 4 is 22.8 Å². The van der Waals surface area contributed by atoms with E-state index in [4.69, 9.17) is 10.5 Å². The van der Waals surface area contributed by atoms with Gasteiger partial charge in [0.05, 0.1) is 19.5 Å². The predicted octanol–water partition coefficient (Wildman–Crippen LogP) is 0.904. The number of anilines is 1. The molecule has 4 heterocycles. The number of hydrogen-bond acceptors (Lipinski definition) is 7. The van der Waals surface area contributed by atoms with Crippen LogP contribution in [0.3, 0.4) is 0 Å². The number of hydrogen-bond donors (Lipinski definition) is 1. The van der Waals surface area contributed by atoms with Gasteiger partial charge in [0.25, 0.3) is 5.56 Å². The van der Waals surface area contributed by atoms with Crippen molar-refractivity contribution in [1.29, 1.82) is 5.26 Å². The van der Waals surface area contributed by atoms with E-state index >= 15 is 0 Å². The topological polar surface area (TPSA) is 122 Å². The molecule has 5 rings (SSSR count). The van der Waals surface area contributed by atoms with Gasteiger partial charge in [-0.15, -0.1) is 0 Å². The molecule has 2 fully saturated rings. The lowest BCUT2D eigenvalue weighted by Gasteiger charge is -2.33. The van der Waals surface area contributed by atoms with E-state index in [-0.39, 0.29) is 24.1 Å². The van der Waals surface area contributed by atoms with Crippen LogP contribution in [-0.4, -0.2) is 70.4 Å². The van der Waals surface area contributed by atoms with E-state index in [1.165, 1.54) is 10.9 Å². The summed E-state index contributed by atoms with van der Waals surface area (Å²) in [5, 5.41) is 10.1. The Morgan fingerprint density at radius 1 is 1.20 bits per heavy atom. The zero-order chi connectivity index (χ0) is 24.4. The summed E-state index contributed by atoms with van der Waals surface area (Å²) >= 11 is 0. The quantitative estimate of drug-likeness (QED) is 0.582. The number of fused-ring (bicyclic) bond motifs is 1. The molecule has 0 spiro atoms. The van der Waals surface area contributed by atoms with Crippen molar-refractivity contribution < 1.29 is 9.53 Å². The molecule has 1 amide bonds. The molecule has 10 heteroatoms. The Balaban J connectivity index is 1.63. The van der Waals surface area contributed by atoms with E-state index in [2.05, 4.69) is 16.0 Å². The number of morpholine rings is 1. The second-order valence-electron chi connectivity index (χ2n) is 9.10. The van der Waals surface area contributed by atoms with Crippen LogP contribution in [0.1, 0.15) is 24.0 Å². The van der Waals surface area contributed by atoms with Crippen LogP contribution in [0.15, 0.2) is 41.5 Å². The largest absolute Gasteiger partial charge is 0.378 e. The fraction of sp³-hybridized carbons (Fsp3) is 0.440. The van der Waals surface area contributed by atoms with Gasteiger partial charge in [-0.25, -0.2) is 4.98 Å². The summed E-state index contributed by atoms with van der Waals surface area (Å²) in [6, 6.07) is 12.1. The standard InChI is InChI=1S/C25H29N7O3/c26-13-20-22-23(25(34)31(17-28-22)16-21(33)29-9-11-35-12-10-29)32(14-18-5-2-1-3-6-18)24(20)30-8-4-7-19(27)15-30/h1-3,5-6,17,19H,4,7-12,14-16,27H2/t19-/m0/s1. The molecule has 2 aliphatic heterocycles. The van der Waals surface area contributed by atoms with Crippen LogP contribution in [0.25, 0.3) is 11.0 Å². The number of carbonyl (C=O) groups excluding carboxylic acids is 1. The van der Waals surface area contributed by atoms with Crippen LogP contribution in [0.2, 0.25) is 0 Å². The molecule has 10 nitrogen and oxygen atoms in total. The molecule has 2 N–H and O–H groups in total. The van der Waals surface area contributed by atoms with Crippen LogP contribution in [0.5, 0.6) is 0 Å². The van der Waals surface area contributed by atoms with Crippen LogP contribution < -0.4 is 16.2 Å². The average Bonchev–Trinajstić information content (AvgIpc) is 3.20. The van der Waals surface area contributed by atoms with Crippen molar-refractivity contribution in [3.8, 4) is 6.07 Å². The van der Waals surface area contributed by atoms with Gasteiger partial charge in [-0.3, -0.25) is 14.2 Å². The van der Waals surface area contributed by atoms with E-state index < -0.39 is 0 Å². The summed E-state index contributed by atoms with van der Waals surface area (Å²) in [6.45, 7) is 3.63. The molecule has 0 radical (unpaired) electrons. The zero-order valence-electron chi connectivity index (χ0n) is 19.6. The average molecular weight is 476 g/mol. The molecule has 1 atom stereocenters. The van der Waals surface area contributed by atoms with Crippen molar-refractivity contribution in [2.45, 2.75) is 32.0 Å². The van der Waals surface area contributed by atoms with Gasteiger partial charge in [0.2, 0.25) is 5.91 Å². The molecular formula is C25H29N7O3. The molecule has 2 aliphatic rings. The van der Waals surface area contributed by atoms with Crippen molar-refractivity contribution in [3.05, 3.63) is 58.1 Å². The summed E-state index contributed by atoms with van der Waals surface area (Å²) in [4.78, 5) is 34.9. The fourth-order valence-electron chi connectivity index (χ4n) is 4.98. The Morgan fingerprint density at radius 2 is 1.97 bits per heavy atom. The van der Waals surface area contributed by atoms with Gasteiger partial charge in [-0.1, -0.05) is 30.3 Å². The first kappa shape index (κ1) is 23.1. The summed E-state index contributed by atoms with van der Waals surface area (Å²) in [6.07, 6.45) is 3.21. The smallest absolute Gasteiger partial charge is 0.278 e. The Kier molecular flexibility index (Phi) is 6.53. The Hall–Kier alpha value is -3.68. The third-order valence-electron chi connectivity index (χ3n) is 6.72. The number of nitriles is 1. The molecule has 0 unspecified atom stereocenters. The van der Waals surface area contributed by atoms with Crippen LogP contribution in [0, 0.1) is 11.3 Å². The van der Waals surface area contributed by atoms with Gasteiger partial charge in [0.15, 0.2) is 0 Å². The number of nitrogens with zero attached hydrogens (tertiary/aromatic N) is 6. The lowest BCUT2D eigenvalue weighted by atomic mass is 10.1. The number of aromatic nitrogens is 3. The molecule has 35 heavy (non-hydrogen) atoms. The number of rotatable bonds is 5. The summed E-state index contributed by atoms with van der Waals surface area (Å²) in [5.74, 6) is 0.517. The first-order chi connectivity index (χ1) is 17.1. The molecular weight excluding hydrogens is 446 g/mol. The molecule has 0 saturated carbocycles. The first-order valence-electron chi connectivity index (χ1n) is 12.0. The summed E-state index contributed by atoms with van der Waals surface area (Å²) in [7, 11) is 0. The Bertz CT molecular complexity index is 1320. The van der Waals surface area contributed by atoms with Crippen molar-refractivity contribution in [1.82, 2.24) is 19.0 Å². The van der Waals surface area contributed by atoms with Gasteiger partial charge >= 0.3 is 0 Å². The van der Waals surface area contributed by atoms with Gasteiger partial charge in [0.1, 0.15) is 35.0 Å². The number of nitrogens with two attached hydrogens (primary N) is 1. The maximum Gasteiger partial charge on any atom is 0.278 e. The van der Waals surface area contributed by atoms with E-state index in [0.29, 0.717) is 61.8 Å². The Morgan fingerprint density at radius 3 is 2.69 bits per heavy atom. The molecule has 2 saturated heterocycles. The highest BCUT2D eigenvalue weighted by Gasteiger charge is 2.29. The van der Waals surface area contributed by atoms with E-state index in [0.717, 1.165) is 24.9 Å². The lowest BCUT2D eigenvalue weighted by molar-refractivity contribution is -0.135. The third-order valence-corrected chi connectivity index (χ3v) is 6.72. The van der Waals surface area contributed by atoms with Gasteiger partial charge in [0, 0.05) is 38.8 Å². The second-order valence-corrected chi connectivity index (χ2v) is 9.10. The minimum Gasteiger partial charge on any atom is -0.378 e. The van der Waals surface area contributed by atoms with Crippen molar-refractivity contribution in [2.75, 3.05) is 44.3 Å². The predicted molar refractivity (Wildman–Crippen MR) is 131 cm³/mol. The first-order valence-corrected chi connectivity index (χ1v) is 12.0. The molecule has 3 aromatic rings. The maximum atomic E-state index is 13.7. The van der Waals surface area contributed by atoms with Crippen molar-refractivity contribution in [3.63, 3.8) is 0 Å². The highest BCUT2D eigenvalue weighted by molar-refractivity contribution is 5.89. The number of piperidine rings is 1. The van der Waals surface area contributed by atoms with Gasteiger partial charge < -0.3 is 24.8 Å². The Labute approximate surface area is 203 Å². The molecule has 0 aliphatic carbocycles. The van der Waals surface area contributed by atoms with Crippen LogP contribution >= 0.6 is 0 Å². The number of ether oxygens (including phenoxy) is 1. The fourth-order valence-corrected chi connectivity index (χ4v) is 4.98. The second kappa shape index (κ2) is 9.90. The SMILES string of the molecule is N#Cc1c(N2CCC[C@H](N)C2)n(Cc2ccccc2)c2c(=O)n(CC(=O)N3CCOCC3)cnc12. The third kappa shape index (κ3) is 4.52. The van der Waals surface area contributed by atoms with Crippen molar-refractivity contribution in [2.24, 2.45) is 5.73 Å². The van der Waals surface area contributed by atoms with Gasteiger partial charge in [-0.05, 0) is 18.4 Å². The van der Waals surface area contributed by atoms with Crippen LogP contribution in [0.4, 0.5) is 5.82 Å². The highest BCUT2D eigenvalue weighted by atomic mass is 16.5. The monoisotopic (exact) mass is 475 g/mol. The number of amides is 1. The van der Waals surface area contributed by atoms with Gasteiger partial charge in [-0.2, -0.15) is 5.26 Å². The maximum absolute atomic E-state index is 13.7. The van der Waals surface area contributed by atoms with E-state index in [9.17, 15) is 14.9 Å². The minimum absolute atomic E-state index is 0.00533. The lowest BCUT2D eigenvalue weighted by Crippen LogP contribution is -2.44. The summed E-state index contributed by atoms with van der Waals surface area (Å²) < 4.78 is 8.55. The number of carbonyl (C=O) groups is 1. The number of benzene rings is 1. The summed E-state index contributed by atoms with van der Waals surface area (Å²) in [5.41, 5.74) is 7.98. The molecule has 0 bridgehead atoms. The van der Waals surface area contributed by atoms with Crippen LogP contribution in [-0.2, 0) is 22.6 Å². The molecule has 1 aromatic carbocycles. The zero-order valence-corrected chi connectivity index (χ0v) is 19.6. The molecule has 2 aromatic heterocycles. The minimum atomic E-state index is -0.336. The van der Waals surface area contributed by atoms with E-state index in [1.807, 2.05) is 34.9 Å². The molecule has 182 valence electrons.